The van der Waals surface area contributed by atoms with E-state index in [1.165, 1.54) is 29.1 Å². The van der Waals surface area contributed by atoms with Gasteiger partial charge in [-0.15, -0.1) is 0 Å². The number of benzene rings is 2. The van der Waals surface area contributed by atoms with E-state index in [9.17, 15) is 18.5 Å². The second-order valence-corrected chi connectivity index (χ2v) is 6.50. The maximum atomic E-state index is 12.4. The van der Waals surface area contributed by atoms with Crippen molar-refractivity contribution in [3.8, 4) is 5.69 Å². The van der Waals surface area contributed by atoms with E-state index in [4.69, 9.17) is 0 Å². The molecular formula is C15H12N4O4S. The summed E-state index contributed by atoms with van der Waals surface area (Å²) in [6.07, 6.45) is 1.47. The Balaban J connectivity index is 1.91. The van der Waals surface area contributed by atoms with E-state index >= 15 is 0 Å². The van der Waals surface area contributed by atoms with Gasteiger partial charge in [0, 0.05) is 18.2 Å². The van der Waals surface area contributed by atoms with Crippen LogP contribution >= 0.6 is 0 Å². The summed E-state index contributed by atoms with van der Waals surface area (Å²) in [6, 6.07) is 15.2. The van der Waals surface area contributed by atoms with Gasteiger partial charge >= 0.3 is 0 Å². The van der Waals surface area contributed by atoms with Crippen molar-refractivity contribution >= 4 is 21.5 Å². The first-order valence-corrected chi connectivity index (χ1v) is 8.32. The lowest BCUT2D eigenvalue weighted by Crippen LogP contribution is -2.15. The normalized spacial score (nSPS) is 11.2. The fourth-order valence-electron chi connectivity index (χ4n) is 2.10. The molecule has 8 nitrogen and oxygen atoms in total. The molecule has 122 valence electrons. The molecule has 9 heteroatoms. The predicted molar refractivity (Wildman–Crippen MR) is 87.5 cm³/mol. The Morgan fingerprint density at radius 2 is 1.67 bits per heavy atom. The van der Waals surface area contributed by atoms with Gasteiger partial charge in [-0.1, -0.05) is 18.2 Å². The maximum absolute atomic E-state index is 12.4. The Morgan fingerprint density at radius 3 is 2.29 bits per heavy atom. The summed E-state index contributed by atoms with van der Waals surface area (Å²) in [4.78, 5) is 9.98. The van der Waals surface area contributed by atoms with E-state index in [0.29, 0.717) is 5.69 Å². The minimum atomic E-state index is -3.89. The third-order valence-electron chi connectivity index (χ3n) is 3.24. The van der Waals surface area contributed by atoms with Crippen LogP contribution in [0.4, 0.5) is 11.5 Å². The molecule has 0 aliphatic heterocycles. The average molecular weight is 344 g/mol. The number of anilines is 1. The highest BCUT2D eigenvalue weighted by Gasteiger charge is 2.18. The number of hydrogen-bond donors (Lipinski definition) is 1. The fraction of sp³-hybridized carbons (Fsp3) is 0. The summed E-state index contributed by atoms with van der Waals surface area (Å²) < 4.78 is 28.8. The number of sulfonamides is 1. The minimum Gasteiger partial charge on any atom is -0.263 e. The zero-order valence-corrected chi connectivity index (χ0v) is 13.1. The number of hydrogen-bond acceptors (Lipinski definition) is 5. The zero-order valence-electron chi connectivity index (χ0n) is 12.2. The molecule has 0 atom stereocenters. The van der Waals surface area contributed by atoms with Crippen LogP contribution in [0.5, 0.6) is 0 Å². The molecule has 0 amide bonds. The topological polar surface area (TPSA) is 107 Å². The highest BCUT2D eigenvalue weighted by atomic mass is 32.2. The van der Waals surface area contributed by atoms with Gasteiger partial charge in [0.25, 0.3) is 15.7 Å². The predicted octanol–water partition coefficient (Wildman–Crippen LogP) is 2.58. The summed E-state index contributed by atoms with van der Waals surface area (Å²) in [6.45, 7) is 0. The molecule has 2 aromatic carbocycles. The van der Waals surface area contributed by atoms with Crippen LogP contribution in [0.25, 0.3) is 5.69 Å². The highest BCUT2D eigenvalue weighted by molar-refractivity contribution is 7.92. The van der Waals surface area contributed by atoms with Crippen LogP contribution in [0.1, 0.15) is 0 Å². The van der Waals surface area contributed by atoms with E-state index in [-0.39, 0.29) is 16.4 Å². The Hall–Kier alpha value is -3.20. The van der Waals surface area contributed by atoms with Crippen molar-refractivity contribution in [2.24, 2.45) is 0 Å². The molecular weight excluding hydrogens is 332 g/mol. The van der Waals surface area contributed by atoms with Gasteiger partial charge in [-0.05, 0) is 24.3 Å². The molecule has 1 heterocycles. The summed E-state index contributed by atoms with van der Waals surface area (Å²) in [5.74, 6) is 0.263. The number of rotatable bonds is 5. The molecule has 0 saturated heterocycles. The molecule has 0 bridgehead atoms. The van der Waals surface area contributed by atoms with Gasteiger partial charge in [-0.25, -0.2) is 13.1 Å². The molecule has 24 heavy (non-hydrogen) atoms. The van der Waals surface area contributed by atoms with E-state index < -0.39 is 14.9 Å². The molecule has 0 saturated carbocycles. The van der Waals surface area contributed by atoms with Gasteiger partial charge in [-0.3, -0.25) is 14.8 Å². The smallest absolute Gasteiger partial charge is 0.263 e. The van der Waals surface area contributed by atoms with Crippen molar-refractivity contribution in [3.05, 3.63) is 77.0 Å². The number of nitrogens with zero attached hydrogens (tertiary/aromatic N) is 3. The van der Waals surface area contributed by atoms with Gasteiger partial charge in [0.1, 0.15) is 5.82 Å². The summed E-state index contributed by atoms with van der Waals surface area (Å²) in [7, 11) is -3.89. The highest BCUT2D eigenvalue weighted by Crippen LogP contribution is 2.21. The van der Waals surface area contributed by atoms with Crippen LogP contribution < -0.4 is 4.72 Å². The molecule has 0 fully saturated rings. The SMILES string of the molecule is O=[N+]([O-])c1ccc(S(=O)(=O)Nc2ccnn2-c2ccccc2)cc1. The molecule has 1 N–H and O–H groups in total. The van der Waals surface area contributed by atoms with Crippen molar-refractivity contribution in [3.63, 3.8) is 0 Å². The van der Waals surface area contributed by atoms with E-state index in [2.05, 4.69) is 9.82 Å². The van der Waals surface area contributed by atoms with Crippen LogP contribution in [0, 0.1) is 10.1 Å². The number of para-hydroxylation sites is 1. The molecule has 0 spiro atoms. The minimum absolute atomic E-state index is 0.0751. The first kappa shape index (κ1) is 15.7. The number of aromatic nitrogens is 2. The molecule has 0 unspecified atom stereocenters. The van der Waals surface area contributed by atoms with Crippen molar-refractivity contribution < 1.29 is 13.3 Å². The number of nitrogens with one attached hydrogen (secondary N) is 1. The first-order chi connectivity index (χ1) is 11.5. The van der Waals surface area contributed by atoms with Crippen molar-refractivity contribution in [1.29, 1.82) is 0 Å². The second-order valence-electron chi connectivity index (χ2n) is 4.82. The lowest BCUT2D eigenvalue weighted by Gasteiger charge is -2.10. The van der Waals surface area contributed by atoms with Crippen LogP contribution in [0.3, 0.4) is 0 Å². The number of non-ortho nitro benzene ring substituents is 1. The molecule has 1 aromatic heterocycles. The third kappa shape index (κ3) is 3.10. The van der Waals surface area contributed by atoms with Crippen LogP contribution in [-0.2, 0) is 10.0 Å². The van der Waals surface area contributed by atoms with Gasteiger partial charge < -0.3 is 0 Å². The number of nitro groups is 1. The zero-order chi connectivity index (χ0) is 17.2. The van der Waals surface area contributed by atoms with Crippen LogP contribution in [-0.4, -0.2) is 23.1 Å². The molecule has 3 rings (SSSR count). The largest absolute Gasteiger partial charge is 0.269 e. The first-order valence-electron chi connectivity index (χ1n) is 6.84. The van der Waals surface area contributed by atoms with E-state index in [1.54, 1.807) is 12.1 Å². The molecule has 0 aliphatic carbocycles. The van der Waals surface area contributed by atoms with Gasteiger partial charge in [0.15, 0.2) is 0 Å². The van der Waals surface area contributed by atoms with Gasteiger partial charge in [0.2, 0.25) is 0 Å². The Bertz CT molecular complexity index is 966. The quantitative estimate of drug-likeness (QED) is 0.565. The summed E-state index contributed by atoms with van der Waals surface area (Å²) >= 11 is 0. The fourth-order valence-corrected chi connectivity index (χ4v) is 3.14. The lowest BCUT2D eigenvalue weighted by molar-refractivity contribution is -0.384. The van der Waals surface area contributed by atoms with Crippen molar-refractivity contribution in [2.75, 3.05) is 4.72 Å². The van der Waals surface area contributed by atoms with Gasteiger partial charge in [-0.2, -0.15) is 5.10 Å². The average Bonchev–Trinajstić information content (AvgIpc) is 3.03. The maximum Gasteiger partial charge on any atom is 0.269 e. The molecule has 0 aliphatic rings. The number of nitro benzene ring substituents is 1. The van der Waals surface area contributed by atoms with E-state index in [0.717, 1.165) is 12.1 Å². The van der Waals surface area contributed by atoms with Crippen molar-refractivity contribution in [2.45, 2.75) is 4.90 Å². The third-order valence-corrected chi connectivity index (χ3v) is 4.61. The Kier molecular flexibility index (Phi) is 4.00. The monoisotopic (exact) mass is 344 g/mol. The Labute approximate surface area is 137 Å². The van der Waals surface area contributed by atoms with Crippen molar-refractivity contribution in [1.82, 2.24) is 9.78 Å². The summed E-state index contributed by atoms with van der Waals surface area (Å²) in [5.41, 5.74) is 0.521. The molecule has 3 aromatic rings. The van der Waals surface area contributed by atoms with Crippen LogP contribution in [0.2, 0.25) is 0 Å². The van der Waals surface area contributed by atoms with E-state index in [1.807, 2.05) is 18.2 Å². The van der Waals surface area contributed by atoms with Crippen LogP contribution in [0.15, 0.2) is 71.8 Å². The lowest BCUT2D eigenvalue weighted by atomic mass is 10.3. The summed E-state index contributed by atoms with van der Waals surface area (Å²) in [5, 5.41) is 14.8. The standard InChI is InChI=1S/C15H12N4O4S/c20-19(21)13-6-8-14(9-7-13)24(22,23)17-15-10-11-16-18(15)12-4-2-1-3-5-12/h1-11,17H. The van der Waals surface area contributed by atoms with Gasteiger partial charge in [0.05, 0.1) is 21.7 Å². The second kappa shape index (κ2) is 6.13. The Morgan fingerprint density at radius 1 is 1.00 bits per heavy atom. The molecule has 0 radical (unpaired) electrons.